The van der Waals surface area contributed by atoms with Crippen molar-refractivity contribution in [2.75, 3.05) is 45.8 Å². The van der Waals surface area contributed by atoms with Gasteiger partial charge in [0, 0.05) is 51.4 Å². The standard InChI is InChI=1S/C21H34N4O2.CH2O2/c1-21(2,3)25-8-7-18(16-25)14-22-20(27)24-11-9-23(10-12-24)15-17-5-4-6-19(26)13-17;2-1-3/h4-6,13,18,26H,7-12,14-16H2,1-3H3,(H,22,27);1H,(H,2,3). The number of carbonyl (C=O) groups excluding carboxylic acids is 1. The number of carbonyl (C=O) groups is 2. The lowest BCUT2D eigenvalue weighted by Gasteiger charge is -2.35. The number of carboxylic acid groups (broad SMARTS) is 1. The van der Waals surface area contributed by atoms with Crippen LogP contribution in [0.25, 0.3) is 0 Å². The molecule has 2 aliphatic rings. The molecule has 1 aromatic carbocycles. The number of aromatic hydroxyl groups is 1. The zero-order chi connectivity index (χ0) is 22.1. The molecule has 0 bridgehead atoms. The van der Waals surface area contributed by atoms with Crippen LogP contribution in [-0.2, 0) is 11.3 Å². The average molecular weight is 421 g/mol. The number of hydrogen-bond acceptors (Lipinski definition) is 5. The van der Waals surface area contributed by atoms with Gasteiger partial charge in [-0.15, -0.1) is 0 Å². The Balaban J connectivity index is 0.00000101. The zero-order valence-corrected chi connectivity index (χ0v) is 18.4. The number of likely N-dealkylation sites (tertiary alicyclic amines) is 1. The van der Waals surface area contributed by atoms with Crippen molar-refractivity contribution >= 4 is 12.5 Å². The molecule has 2 saturated heterocycles. The largest absolute Gasteiger partial charge is 0.508 e. The van der Waals surface area contributed by atoms with Gasteiger partial charge in [-0.25, -0.2) is 4.79 Å². The van der Waals surface area contributed by atoms with E-state index >= 15 is 0 Å². The highest BCUT2D eigenvalue weighted by molar-refractivity contribution is 5.74. The Morgan fingerprint density at radius 3 is 2.43 bits per heavy atom. The minimum Gasteiger partial charge on any atom is -0.508 e. The number of urea groups is 1. The molecule has 0 aromatic heterocycles. The van der Waals surface area contributed by atoms with E-state index in [0.29, 0.717) is 11.7 Å². The summed E-state index contributed by atoms with van der Waals surface area (Å²) >= 11 is 0. The zero-order valence-electron chi connectivity index (χ0n) is 18.4. The number of phenols is 1. The molecule has 2 fully saturated rings. The van der Waals surface area contributed by atoms with Crippen molar-refractivity contribution < 1.29 is 19.8 Å². The molecule has 0 spiro atoms. The van der Waals surface area contributed by atoms with Crippen molar-refractivity contribution in [3.05, 3.63) is 29.8 Å². The van der Waals surface area contributed by atoms with Gasteiger partial charge < -0.3 is 20.4 Å². The van der Waals surface area contributed by atoms with Crippen LogP contribution in [-0.4, -0.2) is 88.8 Å². The van der Waals surface area contributed by atoms with Gasteiger partial charge >= 0.3 is 6.03 Å². The van der Waals surface area contributed by atoms with Crippen LogP contribution in [0.3, 0.4) is 0 Å². The molecule has 1 aromatic rings. The third-order valence-corrected chi connectivity index (χ3v) is 5.75. The SMILES string of the molecule is CC(C)(C)N1CCC(CNC(=O)N2CCN(Cc3cccc(O)c3)CC2)C1.O=CO. The number of phenolic OH excluding ortho intramolecular Hbond substituents is 1. The molecule has 8 nitrogen and oxygen atoms in total. The van der Waals surface area contributed by atoms with E-state index in [9.17, 15) is 9.90 Å². The van der Waals surface area contributed by atoms with Gasteiger partial charge in [0.1, 0.15) is 5.75 Å². The predicted octanol–water partition coefficient (Wildman–Crippen LogP) is 2.04. The Hall–Kier alpha value is -2.32. The number of hydrogen-bond donors (Lipinski definition) is 3. The van der Waals surface area contributed by atoms with E-state index in [1.54, 1.807) is 6.07 Å². The van der Waals surface area contributed by atoms with Gasteiger partial charge in [0.05, 0.1) is 0 Å². The molecule has 0 aliphatic carbocycles. The van der Waals surface area contributed by atoms with Crippen LogP contribution in [0.1, 0.15) is 32.8 Å². The van der Waals surface area contributed by atoms with Gasteiger partial charge in [-0.2, -0.15) is 0 Å². The minimum atomic E-state index is -0.250. The molecular formula is C22H36N4O4. The first kappa shape index (κ1) is 24.0. The molecule has 168 valence electrons. The summed E-state index contributed by atoms with van der Waals surface area (Å²) in [5.41, 5.74) is 1.32. The van der Waals surface area contributed by atoms with Crippen LogP contribution in [0.15, 0.2) is 24.3 Å². The summed E-state index contributed by atoms with van der Waals surface area (Å²) < 4.78 is 0. The maximum atomic E-state index is 12.5. The summed E-state index contributed by atoms with van der Waals surface area (Å²) in [4.78, 5) is 27.6. The first-order valence-electron chi connectivity index (χ1n) is 10.6. The fourth-order valence-corrected chi connectivity index (χ4v) is 3.97. The van der Waals surface area contributed by atoms with E-state index in [1.807, 2.05) is 23.1 Å². The number of nitrogens with zero attached hydrogens (tertiary/aromatic N) is 3. The number of amides is 2. The highest BCUT2D eigenvalue weighted by atomic mass is 16.3. The van der Waals surface area contributed by atoms with E-state index in [2.05, 4.69) is 35.9 Å². The van der Waals surface area contributed by atoms with E-state index in [1.165, 1.54) is 0 Å². The van der Waals surface area contributed by atoms with Crippen LogP contribution >= 0.6 is 0 Å². The highest BCUT2D eigenvalue weighted by Gasteiger charge is 2.30. The second-order valence-corrected chi connectivity index (χ2v) is 9.00. The molecule has 3 rings (SSSR count). The van der Waals surface area contributed by atoms with E-state index in [0.717, 1.165) is 64.3 Å². The van der Waals surface area contributed by atoms with Gasteiger partial charge in [0.15, 0.2) is 0 Å². The molecule has 1 unspecified atom stereocenters. The lowest BCUT2D eigenvalue weighted by Crippen LogP contribution is -2.52. The first-order chi connectivity index (χ1) is 14.2. The minimum absolute atomic E-state index is 0.0706. The maximum absolute atomic E-state index is 12.5. The predicted molar refractivity (Wildman–Crippen MR) is 116 cm³/mol. The second-order valence-electron chi connectivity index (χ2n) is 9.00. The summed E-state index contributed by atoms with van der Waals surface area (Å²) in [6.45, 7) is 13.5. The Morgan fingerprint density at radius 2 is 1.87 bits per heavy atom. The normalized spacial score (nSPS) is 20.4. The molecule has 8 heteroatoms. The molecule has 30 heavy (non-hydrogen) atoms. The van der Waals surface area contributed by atoms with Crippen molar-refractivity contribution in [1.29, 1.82) is 0 Å². The average Bonchev–Trinajstić information content (AvgIpc) is 3.17. The van der Waals surface area contributed by atoms with E-state index < -0.39 is 0 Å². The maximum Gasteiger partial charge on any atom is 0.317 e. The lowest BCUT2D eigenvalue weighted by atomic mass is 10.1. The third kappa shape index (κ3) is 7.50. The summed E-state index contributed by atoms with van der Waals surface area (Å²) in [5.74, 6) is 0.864. The first-order valence-corrected chi connectivity index (χ1v) is 10.6. The van der Waals surface area contributed by atoms with Crippen molar-refractivity contribution in [2.24, 2.45) is 5.92 Å². The number of nitrogens with one attached hydrogen (secondary N) is 1. The smallest absolute Gasteiger partial charge is 0.317 e. The van der Waals surface area contributed by atoms with Gasteiger partial charge in [-0.05, 0) is 57.4 Å². The van der Waals surface area contributed by atoms with Gasteiger partial charge in [0.2, 0.25) is 0 Å². The van der Waals surface area contributed by atoms with Crippen molar-refractivity contribution in [1.82, 2.24) is 20.0 Å². The fraction of sp³-hybridized carbons (Fsp3) is 0.636. The topological polar surface area (TPSA) is 96.4 Å². The van der Waals surface area contributed by atoms with Gasteiger partial charge in [-0.1, -0.05) is 12.1 Å². The number of piperazine rings is 1. The Morgan fingerprint density at radius 1 is 1.20 bits per heavy atom. The molecule has 0 saturated carbocycles. The van der Waals surface area contributed by atoms with Crippen molar-refractivity contribution in [2.45, 2.75) is 39.3 Å². The third-order valence-electron chi connectivity index (χ3n) is 5.75. The van der Waals surface area contributed by atoms with Crippen molar-refractivity contribution in [3.63, 3.8) is 0 Å². The van der Waals surface area contributed by atoms with E-state index in [4.69, 9.17) is 9.90 Å². The van der Waals surface area contributed by atoms with Crippen LogP contribution in [0.2, 0.25) is 0 Å². The van der Waals surface area contributed by atoms with Gasteiger partial charge in [-0.3, -0.25) is 14.6 Å². The molecule has 3 N–H and O–H groups in total. The Labute approximate surface area is 179 Å². The van der Waals surface area contributed by atoms with E-state index in [-0.39, 0.29) is 18.0 Å². The quantitative estimate of drug-likeness (QED) is 0.645. The molecule has 2 aliphatic heterocycles. The monoisotopic (exact) mass is 420 g/mol. The Bertz CT molecular complexity index is 684. The molecule has 0 radical (unpaired) electrons. The molecule has 2 heterocycles. The van der Waals surface area contributed by atoms with Crippen LogP contribution in [0.4, 0.5) is 4.79 Å². The molecule has 2 amide bonds. The summed E-state index contributed by atoms with van der Waals surface area (Å²) in [7, 11) is 0. The van der Waals surface area contributed by atoms with Crippen LogP contribution < -0.4 is 5.32 Å². The second kappa shape index (κ2) is 11.2. The summed E-state index contributed by atoms with van der Waals surface area (Å²) in [5, 5.41) is 19.6. The van der Waals surface area contributed by atoms with Crippen LogP contribution in [0, 0.1) is 5.92 Å². The highest BCUT2D eigenvalue weighted by Crippen LogP contribution is 2.24. The molecule has 1 atom stereocenters. The number of benzene rings is 1. The summed E-state index contributed by atoms with van der Waals surface area (Å²) in [6, 6.07) is 7.47. The fourth-order valence-electron chi connectivity index (χ4n) is 3.97. The van der Waals surface area contributed by atoms with Crippen molar-refractivity contribution in [3.8, 4) is 5.75 Å². The van der Waals surface area contributed by atoms with Crippen LogP contribution in [0.5, 0.6) is 5.75 Å². The van der Waals surface area contributed by atoms with Gasteiger partial charge in [0.25, 0.3) is 6.47 Å². The lowest BCUT2D eigenvalue weighted by molar-refractivity contribution is -0.122. The number of rotatable bonds is 4. The summed E-state index contributed by atoms with van der Waals surface area (Å²) in [6.07, 6.45) is 1.16. The molecular weight excluding hydrogens is 384 g/mol. The Kier molecular flexibility index (Phi) is 8.92.